The minimum Gasteiger partial charge on any atom is -1.00 e. The van der Waals surface area contributed by atoms with Gasteiger partial charge in [0.15, 0.2) is 0 Å². The first kappa shape index (κ1) is 12.3. The molecule has 0 unspecified atom stereocenters. The van der Waals surface area contributed by atoms with Gasteiger partial charge in [-0.2, -0.15) is 0 Å². The van der Waals surface area contributed by atoms with Crippen LogP contribution in [-0.2, 0) is 0 Å². The fraction of sp³-hybridized carbons (Fsp3) is 0.400. The van der Waals surface area contributed by atoms with Crippen molar-refractivity contribution in [2.45, 2.75) is 0 Å². The number of ether oxygens (including phenoxy) is 1. The van der Waals surface area contributed by atoms with Crippen LogP contribution in [0.3, 0.4) is 0 Å². The van der Waals surface area contributed by atoms with Gasteiger partial charge in [-0.1, -0.05) is 0 Å². The van der Waals surface area contributed by atoms with Crippen LogP contribution in [0.1, 0.15) is 0 Å². The van der Waals surface area contributed by atoms with E-state index in [0.29, 0.717) is 0 Å². The summed E-state index contributed by atoms with van der Waals surface area (Å²) < 4.78 is 5.91. The van der Waals surface area contributed by atoms with Gasteiger partial charge < -0.3 is 17.1 Å². The first-order valence-electron chi connectivity index (χ1n) is 4.00. The van der Waals surface area contributed by atoms with E-state index in [9.17, 15) is 0 Å². The van der Waals surface area contributed by atoms with E-state index in [1.807, 2.05) is 12.1 Å². The van der Waals surface area contributed by atoms with Crippen molar-refractivity contribution in [1.29, 1.82) is 0 Å². The van der Waals surface area contributed by atoms with E-state index in [-0.39, 0.29) is 12.4 Å². The molecule has 0 N–H and O–H groups in total. The molecule has 0 radical (unpaired) electrons. The molecule has 2 nitrogen and oxygen atoms in total. The summed E-state index contributed by atoms with van der Waals surface area (Å²) >= 11 is 0. The largest absolute Gasteiger partial charge is 1.00 e. The number of quaternary nitrogens is 1. The lowest BCUT2D eigenvalue weighted by molar-refractivity contribution is -0.00000310. The molecular formula is C10H16ClNO. The van der Waals surface area contributed by atoms with Gasteiger partial charge in [0.1, 0.15) is 11.4 Å². The topological polar surface area (TPSA) is 9.23 Å². The van der Waals surface area contributed by atoms with Crippen LogP contribution in [0.15, 0.2) is 24.3 Å². The second-order valence-electron chi connectivity index (χ2n) is 3.71. The van der Waals surface area contributed by atoms with Gasteiger partial charge >= 0.3 is 0 Å². The van der Waals surface area contributed by atoms with E-state index in [2.05, 4.69) is 33.3 Å². The molecule has 0 saturated heterocycles. The molecule has 0 heterocycles. The smallest absolute Gasteiger partial charge is 0.132 e. The van der Waals surface area contributed by atoms with Gasteiger partial charge in [0.25, 0.3) is 0 Å². The van der Waals surface area contributed by atoms with E-state index in [4.69, 9.17) is 4.74 Å². The van der Waals surface area contributed by atoms with E-state index < -0.39 is 0 Å². The highest BCUT2D eigenvalue weighted by molar-refractivity contribution is 5.44. The monoisotopic (exact) mass is 201 g/mol. The van der Waals surface area contributed by atoms with E-state index in [0.717, 1.165) is 10.2 Å². The Morgan fingerprint density at radius 1 is 1.00 bits per heavy atom. The van der Waals surface area contributed by atoms with Crippen molar-refractivity contribution < 1.29 is 17.1 Å². The zero-order valence-corrected chi connectivity index (χ0v) is 9.30. The van der Waals surface area contributed by atoms with E-state index in [1.54, 1.807) is 7.11 Å². The summed E-state index contributed by atoms with van der Waals surface area (Å²) in [4.78, 5) is 0. The predicted octanol–water partition coefficient (Wildman–Crippen LogP) is -1.10. The van der Waals surface area contributed by atoms with Gasteiger partial charge in [-0.15, -0.1) is 0 Å². The Balaban J connectivity index is 0.00000144. The number of hydrogen-bond donors (Lipinski definition) is 0. The molecule has 1 aromatic carbocycles. The van der Waals surface area contributed by atoms with Crippen molar-refractivity contribution in [1.82, 2.24) is 4.48 Å². The summed E-state index contributed by atoms with van der Waals surface area (Å²) in [5, 5.41) is 0. The predicted molar refractivity (Wildman–Crippen MR) is 52.6 cm³/mol. The number of benzene rings is 1. The third kappa shape index (κ3) is 3.25. The average Bonchev–Trinajstić information content (AvgIpc) is 2.03. The van der Waals surface area contributed by atoms with Gasteiger partial charge in [0, 0.05) is 12.1 Å². The Morgan fingerprint density at radius 2 is 1.46 bits per heavy atom. The first-order chi connectivity index (χ1) is 5.54. The normalized spacial score (nSPS) is 10.5. The summed E-state index contributed by atoms with van der Waals surface area (Å²) in [5.74, 6) is 0.909. The molecule has 0 bridgehead atoms. The molecule has 0 aliphatic rings. The molecule has 0 aromatic heterocycles. The van der Waals surface area contributed by atoms with E-state index in [1.165, 1.54) is 5.69 Å². The first-order valence-corrected chi connectivity index (χ1v) is 4.00. The van der Waals surface area contributed by atoms with Gasteiger partial charge in [-0.05, 0) is 12.1 Å². The SMILES string of the molecule is COc1ccc([N+](C)(C)C)cc1.[Cl-]. The summed E-state index contributed by atoms with van der Waals surface area (Å²) in [5.41, 5.74) is 1.27. The Kier molecular flexibility index (Phi) is 4.24. The van der Waals surface area contributed by atoms with Crippen molar-refractivity contribution in [2.75, 3.05) is 28.3 Å². The number of methoxy groups -OCH3 is 1. The van der Waals surface area contributed by atoms with Crippen molar-refractivity contribution in [3.05, 3.63) is 24.3 Å². The Hall–Kier alpha value is -0.730. The quantitative estimate of drug-likeness (QED) is 0.552. The highest BCUT2D eigenvalue weighted by atomic mass is 35.5. The van der Waals surface area contributed by atoms with Crippen LogP contribution in [0, 0.1) is 0 Å². The summed E-state index contributed by atoms with van der Waals surface area (Å²) in [6.45, 7) is 0. The summed E-state index contributed by atoms with van der Waals surface area (Å²) in [6.07, 6.45) is 0. The highest BCUT2D eigenvalue weighted by Crippen LogP contribution is 2.20. The van der Waals surface area contributed by atoms with Crippen LogP contribution >= 0.6 is 0 Å². The molecule has 0 aliphatic heterocycles. The molecule has 0 spiro atoms. The lowest BCUT2D eigenvalue weighted by Gasteiger charge is -2.23. The maximum absolute atomic E-state index is 5.07. The zero-order chi connectivity index (χ0) is 9.19. The Morgan fingerprint density at radius 3 is 1.77 bits per heavy atom. The number of nitrogens with zero attached hydrogens (tertiary/aromatic N) is 1. The van der Waals surface area contributed by atoms with Gasteiger partial charge in [0.2, 0.25) is 0 Å². The van der Waals surface area contributed by atoms with Crippen LogP contribution in [0.25, 0.3) is 0 Å². The Bertz CT molecular complexity index is 251. The van der Waals surface area contributed by atoms with Crippen molar-refractivity contribution >= 4 is 5.69 Å². The molecule has 0 amide bonds. The molecule has 0 atom stereocenters. The fourth-order valence-electron chi connectivity index (χ4n) is 1.03. The summed E-state index contributed by atoms with van der Waals surface area (Å²) in [7, 11) is 8.10. The lowest BCUT2D eigenvalue weighted by atomic mass is 10.2. The van der Waals surface area contributed by atoms with Crippen LogP contribution in [-0.4, -0.2) is 28.3 Å². The zero-order valence-electron chi connectivity index (χ0n) is 8.54. The fourth-order valence-corrected chi connectivity index (χ4v) is 1.03. The third-order valence-electron chi connectivity index (χ3n) is 1.85. The lowest BCUT2D eigenvalue weighted by Crippen LogP contribution is -3.00. The molecule has 13 heavy (non-hydrogen) atoms. The van der Waals surface area contributed by atoms with Crippen molar-refractivity contribution in [3.8, 4) is 5.75 Å². The number of rotatable bonds is 2. The second kappa shape index (κ2) is 4.49. The molecule has 1 rings (SSSR count). The third-order valence-corrected chi connectivity index (χ3v) is 1.85. The molecule has 0 saturated carbocycles. The Labute approximate surface area is 86.1 Å². The number of hydrogen-bond acceptors (Lipinski definition) is 1. The van der Waals surface area contributed by atoms with Crippen molar-refractivity contribution in [2.24, 2.45) is 0 Å². The average molecular weight is 202 g/mol. The van der Waals surface area contributed by atoms with Crippen molar-refractivity contribution in [3.63, 3.8) is 0 Å². The van der Waals surface area contributed by atoms with Gasteiger partial charge in [-0.25, -0.2) is 0 Å². The molecular weight excluding hydrogens is 186 g/mol. The van der Waals surface area contributed by atoms with Crippen LogP contribution in [0.5, 0.6) is 5.75 Å². The second-order valence-corrected chi connectivity index (χ2v) is 3.71. The molecule has 0 aliphatic carbocycles. The van der Waals surface area contributed by atoms with Crippen LogP contribution in [0.4, 0.5) is 5.69 Å². The molecule has 0 fully saturated rings. The standard InChI is InChI=1S/C10H16NO.ClH/c1-11(2,3)9-5-7-10(12-4)8-6-9;/h5-8H,1-4H3;1H/q+1;/p-1. The maximum Gasteiger partial charge on any atom is 0.132 e. The van der Waals surface area contributed by atoms with Gasteiger partial charge in [0.05, 0.1) is 28.3 Å². The number of halogens is 1. The summed E-state index contributed by atoms with van der Waals surface area (Å²) in [6, 6.07) is 8.13. The highest BCUT2D eigenvalue weighted by Gasteiger charge is 2.10. The minimum absolute atomic E-state index is 0. The molecule has 3 heteroatoms. The van der Waals surface area contributed by atoms with Crippen LogP contribution in [0.2, 0.25) is 0 Å². The maximum atomic E-state index is 5.07. The minimum atomic E-state index is 0. The van der Waals surface area contributed by atoms with Crippen LogP contribution < -0.4 is 21.6 Å². The van der Waals surface area contributed by atoms with E-state index >= 15 is 0 Å². The molecule has 1 aromatic rings. The molecule has 74 valence electrons. The van der Waals surface area contributed by atoms with Gasteiger partial charge in [-0.3, -0.25) is 4.48 Å².